The predicted octanol–water partition coefficient (Wildman–Crippen LogP) is 2.83. The summed E-state index contributed by atoms with van der Waals surface area (Å²) >= 11 is 0. The molecule has 0 spiro atoms. The summed E-state index contributed by atoms with van der Waals surface area (Å²) in [5.74, 6) is 0.555. The standard InChI is InChI=1S/3C15H27N3O.Fe/c3*1-16(2)9-12-7-13(10-17(3)4)15(19)14(8-12)11-18(5)6;/h3*7-8,19H,9-11H2,1-6H3;/q;;;+3/p-3. The van der Waals surface area contributed by atoms with E-state index in [0.717, 1.165) is 53.0 Å². The van der Waals surface area contributed by atoms with Gasteiger partial charge in [0, 0.05) is 58.9 Å². The number of hydrogen-bond acceptors (Lipinski definition) is 12. The van der Waals surface area contributed by atoms with Crippen LogP contribution in [0.3, 0.4) is 0 Å². The molecule has 0 atom stereocenters. The summed E-state index contributed by atoms with van der Waals surface area (Å²) in [5.41, 5.74) is 8.96. The molecule has 3 aromatic carbocycles. The molecule has 13 heteroatoms. The molecule has 329 valence electrons. The van der Waals surface area contributed by atoms with Crippen LogP contribution in [0.2, 0.25) is 0 Å². The maximum atomic E-state index is 12.4. The van der Waals surface area contributed by atoms with Crippen molar-refractivity contribution in [1.29, 1.82) is 0 Å². The van der Waals surface area contributed by atoms with Gasteiger partial charge in [0.25, 0.3) is 0 Å². The first-order chi connectivity index (χ1) is 26.4. The summed E-state index contributed by atoms with van der Waals surface area (Å²) in [6.07, 6.45) is 0. The molecule has 0 N–H and O–H groups in total. The Kier molecular flexibility index (Phi) is 25.8. The topological polar surface area (TPSA) is 98.3 Å². The van der Waals surface area contributed by atoms with Gasteiger partial charge in [0.2, 0.25) is 0 Å². The Hall–Kier alpha value is -2.78. The van der Waals surface area contributed by atoms with Crippen molar-refractivity contribution >= 4 is 0 Å². The van der Waals surface area contributed by atoms with Gasteiger partial charge in [0.1, 0.15) is 0 Å². The molecule has 0 aliphatic heterocycles. The van der Waals surface area contributed by atoms with E-state index in [1.165, 1.54) is 16.7 Å². The van der Waals surface area contributed by atoms with Crippen LogP contribution in [-0.4, -0.2) is 171 Å². The van der Waals surface area contributed by atoms with Crippen LogP contribution in [0.4, 0.5) is 0 Å². The van der Waals surface area contributed by atoms with Crippen molar-refractivity contribution in [3.8, 4) is 17.2 Å². The normalized spacial score (nSPS) is 11.6. The molecule has 1 radical (unpaired) electrons. The molecule has 0 aromatic heterocycles. The van der Waals surface area contributed by atoms with Gasteiger partial charge in [-0.2, -0.15) is 0 Å². The van der Waals surface area contributed by atoms with Crippen LogP contribution in [0.15, 0.2) is 36.4 Å². The van der Waals surface area contributed by atoms with Crippen molar-refractivity contribution in [2.45, 2.75) is 58.9 Å². The van der Waals surface area contributed by atoms with Crippen LogP contribution in [0, 0.1) is 0 Å². The first-order valence-electron chi connectivity index (χ1n) is 19.7. The molecule has 0 aliphatic carbocycles. The summed E-state index contributed by atoms with van der Waals surface area (Å²) in [6.45, 7) is 6.76. The van der Waals surface area contributed by atoms with Crippen LogP contribution < -0.4 is 15.3 Å². The molecular formula is C45H78FeN9O3. The van der Waals surface area contributed by atoms with Gasteiger partial charge in [-0.15, -0.1) is 0 Å². The molecule has 0 amide bonds. The van der Waals surface area contributed by atoms with E-state index in [1.807, 2.05) is 193 Å². The molecule has 0 aliphatic rings. The SMILES string of the molecule is CN(C)Cc1cc(CN(C)C)c([O-])c(CN(C)C)c1.CN(C)Cc1cc(CN(C)C)c([O-])c(CN(C)C)c1.CN(C)Cc1cc(CN(C)C)c([O-])c(CN(C)C)c1.[Fe+3]. The fourth-order valence-corrected chi connectivity index (χ4v) is 6.60. The first kappa shape index (κ1) is 55.2. The molecule has 0 saturated carbocycles. The van der Waals surface area contributed by atoms with Gasteiger partial charge in [-0.1, -0.05) is 53.6 Å². The van der Waals surface area contributed by atoms with E-state index in [0.29, 0.717) is 39.3 Å². The van der Waals surface area contributed by atoms with Crippen molar-refractivity contribution < 1.29 is 32.4 Å². The molecule has 3 rings (SSSR count). The molecule has 0 unspecified atom stereocenters. The minimum Gasteiger partial charge on any atom is -0.872 e. The summed E-state index contributed by atoms with van der Waals surface area (Å²) in [4.78, 5) is 18.6. The Morgan fingerprint density at radius 1 is 0.259 bits per heavy atom. The Balaban J connectivity index is 0.000000833. The minimum absolute atomic E-state index is 0. The third-order valence-corrected chi connectivity index (χ3v) is 8.32. The average molecular weight is 849 g/mol. The molecule has 58 heavy (non-hydrogen) atoms. The fourth-order valence-electron chi connectivity index (χ4n) is 6.60. The third-order valence-electron chi connectivity index (χ3n) is 8.32. The van der Waals surface area contributed by atoms with E-state index < -0.39 is 0 Å². The van der Waals surface area contributed by atoms with Crippen molar-refractivity contribution in [2.24, 2.45) is 0 Å². The van der Waals surface area contributed by atoms with Gasteiger partial charge in [-0.25, -0.2) is 0 Å². The van der Waals surface area contributed by atoms with Crippen molar-refractivity contribution in [1.82, 2.24) is 44.1 Å². The van der Waals surface area contributed by atoms with Gasteiger partial charge < -0.3 is 59.4 Å². The van der Waals surface area contributed by atoms with Gasteiger partial charge in [-0.3, -0.25) is 0 Å². The van der Waals surface area contributed by atoms with E-state index in [-0.39, 0.29) is 34.3 Å². The second-order valence-corrected chi connectivity index (χ2v) is 17.9. The monoisotopic (exact) mass is 849 g/mol. The molecular weight excluding hydrogens is 770 g/mol. The summed E-state index contributed by atoms with van der Waals surface area (Å²) in [6, 6.07) is 12.3. The Morgan fingerprint density at radius 2 is 0.379 bits per heavy atom. The van der Waals surface area contributed by atoms with E-state index in [2.05, 4.69) is 14.7 Å². The second kappa shape index (κ2) is 27.1. The summed E-state index contributed by atoms with van der Waals surface area (Å²) < 4.78 is 0. The Labute approximate surface area is 364 Å². The third kappa shape index (κ3) is 22.0. The summed E-state index contributed by atoms with van der Waals surface area (Å²) in [7, 11) is 36.1. The van der Waals surface area contributed by atoms with Crippen molar-refractivity contribution in [3.05, 3.63) is 86.5 Å². The largest absolute Gasteiger partial charge is 3.00 e. The van der Waals surface area contributed by atoms with Gasteiger partial charge in [-0.05, 0) is 177 Å². The number of rotatable bonds is 18. The second-order valence-electron chi connectivity index (χ2n) is 17.9. The zero-order valence-corrected chi connectivity index (χ0v) is 40.5. The zero-order valence-electron chi connectivity index (χ0n) is 39.4. The van der Waals surface area contributed by atoms with E-state index in [9.17, 15) is 15.3 Å². The molecule has 0 bridgehead atoms. The van der Waals surface area contributed by atoms with Crippen LogP contribution >= 0.6 is 0 Å². The zero-order chi connectivity index (χ0) is 43.7. The average Bonchev–Trinajstić information content (AvgIpc) is 3.02. The van der Waals surface area contributed by atoms with E-state index in [1.54, 1.807) is 0 Å². The van der Waals surface area contributed by atoms with Crippen LogP contribution in [0.25, 0.3) is 0 Å². The van der Waals surface area contributed by atoms with Crippen molar-refractivity contribution in [3.63, 3.8) is 0 Å². The van der Waals surface area contributed by atoms with E-state index in [4.69, 9.17) is 0 Å². The maximum absolute atomic E-state index is 12.4. The molecule has 0 fully saturated rings. The minimum atomic E-state index is 0. The molecule has 0 heterocycles. The van der Waals surface area contributed by atoms with Gasteiger partial charge in [0.15, 0.2) is 0 Å². The first-order valence-corrected chi connectivity index (χ1v) is 19.7. The van der Waals surface area contributed by atoms with Crippen LogP contribution in [-0.2, 0) is 76.0 Å². The summed E-state index contributed by atoms with van der Waals surface area (Å²) in [5, 5.41) is 37.2. The maximum Gasteiger partial charge on any atom is 3.00 e. The predicted molar refractivity (Wildman–Crippen MR) is 234 cm³/mol. The molecule has 12 nitrogen and oxygen atoms in total. The van der Waals surface area contributed by atoms with Crippen LogP contribution in [0.1, 0.15) is 50.1 Å². The van der Waals surface area contributed by atoms with Crippen LogP contribution in [0.5, 0.6) is 17.2 Å². The molecule has 3 aromatic rings. The Bertz CT molecular complexity index is 1340. The van der Waals surface area contributed by atoms with Gasteiger partial charge >= 0.3 is 17.1 Å². The van der Waals surface area contributed by atoms with Gasteiger partial charge in [0.05, 0.1) is 0 Å². The fraction of sp³-hybridized carbons (Fsp3) is 0.600. The smallest absolute Gasteiger partial charge is 0.872 e. The van der Waals surface area contributed by atoms with Crippen molar-refractivity contribution in [2.75, 3.05) is 127 Å². The molecule has 0 saturated heterocycles. The number of benzene rings is 3. The number of hydrogen-bond donors (Lipinski definition) is 0. The van der Waals surface area contributed by atoms with E-state index >= 15 is 0 Å². The Morgan fingerprint density at radius 3 is 0.483 bits per heavy atom. The number of nitrogens with zero attached hydrogens (tertiary/aromatic N) is 9. The quantitative estimate of drug-likeness (QED) is 0.176.